The highest BCUT2D eigenvalue weighted by atomic mass is 79.9. The summed E-state index contributed by atoms with van der Waals surface area (Å²) >= 11 is 3.44. The highest BCUT2D eigenvalue weighted by Crippen LogP contribution is 2.28. The number of anilines is 1. The van der Waals surface area contributed by atoms with Gasteiger partial charge in [-0.2, -0.15) is 0 Å². The maximum Gasteiger partial charge on any atom is 0.264 e. The third kappa shape index (κ3) is 7.77. The fourth-order valence-corrected chi connectivity index (χ4v) is 7.02. The van der Waals surface area contributed by atoms with Crippen LogP contribution >= 0.6 is 15.9 Å². The number of nitrogens with zero attached hydrogens (tertiary/aromatic N) is 2. The normalized spacial score (nSPS) is 14.7. The summed E-state index contributed by atoms with van der Waals surface area (Å²) in [4.78, 5) is 29.1. The number of carbonyl (C=O) groups is 2. The molecule has 0 spiro atoms. The van der Waals surface area contributed by atoms with Crippen LogP contribution in [-0.4, -0.2) is 43.8 Å². The molecule has 41 heavy (non-hydrogen) atoms. The first-order valence-corrected chi connectivity index (χ1v) is 16.3. The Hall–Kier alpha value is -3.17. The van der Waals surface area contributed by atoms with Gasteiger partial charge in [-0.05, 0) is 75.1 Å². The van der Waals surface area contributed by atoms with E-state index in [0.29, 0.717) is 5.69 Å². The first-order chi connectivity index (χ1) is 19.6. The fraction of sp³-hybridized carbons (Fsp3) is 0.375. The van der Waals surface area contributed by atoms with E-state index in [1.54, 1.807) is 31.2 Å². The van der Waals surface area contributed by atoms with Gasteiger partial charge >= 0.3 is 0 Å². The van der Waals surface area contributed by atoms with Gasteiger partial charge in [-0.25, -0.2) is 8.42 Å². The van der Waals surface area contributed by atoms with Crippen molar-refractivity contribution in [3.05, 3.63) is 94.0 Å². The maximum atomic E-state index is 14.1. The number of aryl methyl sites for hydroxylation is 2. The number of amides is 2. The second-order valence-electron chi connectivity index (χ2n) is 10.8. The van der Waals surface area contributed by atoms with E-state index in [9.17, 15) is 18.0 Å². The average molecular weight is 641 g/mol. The minimum atomic E-state index is -4.09. The molecule has 0 aliphatic heterocycles. The van der Waals surface area contributed by atoms with E-state index in [1.165, 1.54) is 27.8 Å². The molecule has 1 aliphatic carbocycles. The Balaban J connectivity index is 1.69. The number of carbonyl (C=O) groups excluding carboxylic acids is 2. The summed E-state index contributed by atoms with van der Waals surface area (Å²) in [6.45, 7) is 5.20. The maximum absolute atomic E-state index is 14.1. The second-order valence-corrected chi connectivity index (χ2v) is 13.6. The van der Waals surface area contributed by atoms with Crippen molar-refractivity contribution >= 4 is 43.5 Å². The van der Waals surface area contributed by atoms with E-state index >= 15 is 0 Å². The first-order valence-electron chi connectivity index (χ1n) is 14.1. The number of benzene rings is 3. The molecule has 1 saturated carbocycles. The topological polar surface area (TPSA) is 86.8 Å². The van der Waals surface area contributed by atoms with Gasteiger partial charge in [0.15, 0.2) is 0 Å². The zero-order chi connectivity index (χ0) is 29.6. The van der Waals surface area contributed by atoms with Gasteiger partial charge in [-0.1, -0.05) is 83.2 Å². The Kier molecular flexibility index (Phi) is 10.3. The lowest BCUT2D eigenvalue weighted by Crippen LogP contribution is -2.53. The largest absolute Gasteiger partial charge is 0.352 e. The molecule has 1 atom stereocenters. The minimum absolute atomic E-state index is 0.0912. The van der Waals surface area contributed by atoms with Crippen LogP contribution in [0.15, 0.2) is 82.2 Å². The molecule has 1 aliphatic rings. The Labute approximate surface area is 252 Å². The molecule has 7 nitrogen and oxygen atoms in total. The summed E-state index contributed by atoms with van der Waals surface area (Å²) in [5.74, 6) is -0.690. The summed E-state index contributed by atoms with van der Waals surface area (Å²) in [5, 5.41) is 3.13. The molecule has 3 aromatic carbocycles. The number of nitrogens with one attached hydrogen (secondary N) is 1. The quantitative estimate of drug-likeness (QED) is 0.289. The van der Waals surface area contributed by atoms with Crippen LogP contribution in [0.1, 0.15) is 55.7 Å². The molecule has 3 aromatic rings. The van der Waals surface area contributed by atoms with Gasteiger partial charge in [0.2, 0.25) is 11.8 Å². The Morgan fingerprint density at radius 2 is 1.61 bits per heavy atom. The van der Waals surface area contributed by atoms with Gasteiger partial charge in [0, 0.05) is 17.1 Å². The van der Waals surface area contributed by atoms with Crippen LogP contribution in [0, 0.1) is 13.8 Å². The molecule has 0 radical (unpaired) electrons. The van der Waals surface area contributed by atoms with E-state index in [2.05, 4.69) is 21.2 Å². The number of hydrogen-bond acceptors (Lipinski definition) is 4. The predicted molar refractivity (Wildman–Crippen MR) is 166 cm³/mol. The zero-order valence-corrected chi connectivity index (χ0v) is 26.2. The fourth-order valence-electron chi connectivity index (χ4n) is 5.26. The minimum Gasteiger partial charge on any atom is -0.352 e. The van der Waals surface area contributed by atoms with E-state index in [0.717, 1.165) is 46.8 Å². The summed E-state index contributed by atoms with van der Waals surface area (Å²) < 4.78 is 30.0. The highest BCUT2D eigenvalue weighted by molar-refractivity contribution is 9.10. The summed E-state index contributed by atoms with van der Waals surface area (Å²) in [7, 11) is -4.09. The van der Waals surface area contributed by atoms with Crippen molar-refractivity contribution in [2.45, 2.75) is 76.4 Å². The summed E-state index contributed by atoms with van der Waals surface area (Å²) in [5.41, 5.74) is 2.98. The van der Waals surface area contributed by atoms with E-state index in [4.69, 9.17) is 0 Å². The van der Waals surface area contributed by atoms with Crippen molar-refractivity contribution in [3.63, 3.8) is 0 Å². The lowest BCUT2D eigenvalue weighted by Gasteiger charge is -2.33. The van der Waals surface area contributed by atoms with Gasteiger partial charge in [-0.15, -0.1) is 0 Å². The second kappa shape index (κ2) is 13.7. The molecular formula is C32H38BrN3O4S. The Morgan fingerprint density at radius 3 is 2.24 bits per heavy atom. The molecule has 4 rings (SSSR count). The van der Waals surface area contributed by atoms with Crippen LogP contribution in [0.2, 0.25) is 0 Å². The third-order valence-electron chi connectivity index (χ3n) is 7.62. The first kappa shape index (κ1) is 30.8. The molecular weight excluding hydrogens is 602 g/mol. The van der Waals surface area contributed by atoms with Gasteiger partial charge in [-0.3, -0.25) is 13.9 Å². The number of hydrogen-bond donors (Lipinski definition) is 1. The molecule has 9 heteroatoms. The molecule has 218 valence electrons. The van der Waals surface area contributed by atoms with Crippen LogP contribution in [-0.2, 0) is 26.2 Å². The highest BCUT2D eigenvalue weighted by Gasteiger charge is 2.33. The van der Waals surface area contributed by atoms with Crippen LogP contribution in [0.5, 0.6) is 0 Å². The van der Waals surface area contributed by atoms with Crippen LogP contribution in [0.4, 0.5) is 5.69 Å². The monoisotopic (exact) mass is 639 g/mol. The molecule has 0 heterocycles. The lowest BCUT2D eigenvalue weighted by molar-refractivity contribution is -0.139. The van der Waals surface area contributed by atoms with Crippen molar-refractivity contribution in [1.29, 1.82) is 0 Å². The van der Waals surface area contributed by atoms with Crippen molar-refractivity contribution in [1.82, 2.24) is 10.2 Å². The molecule has 0 aromatic heterocycles. The molecule has 0 bridgehead atoms. The van der Waals surface area contributed by atoms with Crippen LogP contribution in [0.25, 0.3) is 0 Å². The molecule has 0 unspecified atom stereocenters. The van der Waals surface area contributed by atoms with Crippen LogP contribution < -0.4 is 9.62 Å². The van der Waals surface area contributed by atoms with Crippen molar-refractivity contribution in [2.24, 2.45) is 0 Å². The predicted octanol–water partition coefficient (Wildman–Crippen LogP) is 6.13. The third-order valence-corrected chi connectivity index (χ3v) is 9.92. The van der Waals surface area contributed by atoms with Gasteiger partial charge in [0.25, 0.3) is 10.0 Å². The lowest BCUT2D eigenvalue weighted by atomic mass is 9.95. The molecule has 1 fully saturated rings. The number of rotatable bonds is 10. The van der Waals surface area contributed by atoms with Crippen molar-refractivity contribution in [2.75, 3.05) is 10.8 Å². The van der Waals surface area contributed by atoms with E-state index in [1.807, 2.05) is 50.2 Å². The van der Waals surface area contributed by atoms with Crippen LogP contribution in [0.3, 0.4) is 0 Å². The van der Waals surface area contributed by atoms with E-state index in [-0.39, 0.29) is 23.4 Å². The molecule has 1 N–H and O–H groups in total. The SMILES string of the molecule is Cc1ccc(N(CC(=O)N(Cc2ccc(Br)cc2)[C@@H](C)C(=O)NC2CCCCC2)S(=O)(=O)c2ccccc2)c(C)c1. The van der Waals surface area contributed by atoms with Gasteiger partial charge in [0.05, 0.1) is 10.6 Å². The summed E-state index contributed by atoms with van der Waals surface area (Å²) in [6, 6.07) is 20.4. The van der Waals surface area contributed by atoms with Gasteiger partial charge in [0.1, 0.15) is 12.6 Å². The Morgan fingerprint density at radius 1 is 0.951 bits per heavy atom. The van der Waals surface area contributed by atoms with Crippen molar-refractivity contribution < 1.29 is 18.0 Å². The van der Waals surface area contributed by atoms with Crippen molar-refractivity contribution in [3.8, 4) is 0 Å². The summed E-state index contributed by atoms with van der Waals surface area (Å²) in [6.07, 6.45) is 5.16. The van der Waals surface area contributed by atoms with E-state index < -0.39 is 28.5 Å². The standard InChI is InChI=1S/C32H38BrN3O4S/c1-23-14-19-30(24(2)20-23)36(41(39,40)29-12-8-5-9-13-29)22-31(37)35(21-26-15-17-27(33)18-16-26)25(3)32(38)34-28-10-6-4-7-11-28/h5,8-9,12-20,25,28H,4,6-7,10-11,21-22H2,1-3H3,(H,34,38)/t25-/m0/s1. The smallest absolute Gasteiger partial charge is 0.264 e. The Bertz CT molecular complexity index is 1460. The number of sulfonamides is 1. The average Bonchev–Trinajstić information content (AvgIpc) is 2.96. The number of halogens is 1. The van der Waals surface area contributed by atoms with Gasteiger partial charge < -0.3 is 10.2 Å². The zero-order valence-electron chi connectivity index (χ0n) is 23.8. The molecule has 2 amide bonds. The molecule has 0 saturated heterocycles.